The zero-order chi connectivity index (χ0) is 14.7. The van der Waals surface area contributed by atoms with E-state index in [-0.39, 0.29) is 11.8 Å². The Labute approximate surface area is 117 Å². The van der Waals surface area contributed by atoms with Gasteiger partial charge in [-0.1, -0.05) is 12.1 Å². The van der Waals surface area contributed by atoms with E-state index in [4.69, 9.17) is 15.7 Å². The molecular weight excluding hydrogens is 255 g/mol. The number of aryl methyl sites for hydroxylation is 1. The van der Waals surface area contributed by atoms with Gasteiger partial charge in [-0.2, -0.15) is 5.26 Å². The van der Waals surface area contributed by atoms with E-state index in [0.717, 1.165) is 5.56 Å². The second kappa shape index (κ2) is 5.72. The predicted octanol–water partition coefficient (Wildman–Crippen LogP) is 3.82. The normalized spacial score (nSPS) is 11.8. The van der Waals surface area contributed by atoms with Gasteiger partial charge in [0.2, 0.25) is 0 Å². The Morgan fingerprint density at radius 3 is 2.55 bits per heavy atom. The van der Waals surface area contributed by atoms with Crippen molar-refractivity contribution in [1.29, 1.82) is 5.26 Å². The molecule has 0 saturated heterocycles. The molecular formula is C16H15FN2O. The SMILES string of the molecule is Cc1ccc(C#N)cc1Oc1ccc([C@@H](C)N)cc1F. The van der Waals surface area contributed by atoms with Crippen LogP contribution in [0.5, 0.6) is 11.5 Å². The van der Waals surface area contributed by atoms with Crippen LogP contribution in [-0.4, -0.2) is 0 Å². The molecule has 0 saturated carbocycles. The van der Waals surface area contributed by atoms with Crippen molar-refractivity contribution in [2.45, 2.75) is 19.9 Å². The van der Waals surface area contributed by atoms with Gasteiger partial charge in [0, 0.05) is 6.04 Å². The molecule has 2 aromatic rings. The average Bonchev–Trinajstić information content (AvgIpc) is 2.43. The van der Waals surface area contributed by atoms with Gasteiger partial charge in [-0.25, -0.2) is 4.39 Å². The first-order valence-electron chi connectivity index (χ1n) is 6.25. The van der Waals surface area contributed by atoms with Crippen molar-refractivity contribution < 1.29 is 9.13 Å². The van der Waals surface area contributed by atoms with Gasteiger partial charge in [0.1, 0.15) is 5.75 Å². The van der Waals surface area contributed by atoms with Crippen LogP contribution in [0.15, 0.2) is 36.4 Å². The Balaban J connectivity index is 2.33. The fourth-order valence-corrected chi connectivity index (χ4v) is 1.78. The summed E-state index contributed by atoms with van der Waals surface area (Å²) in [6, 6.07) is 11.5. The molecule has 20 heavy (non-hydrogen) atoms. The van der Waals surface area contributed by atoms with Gasteiger partial charge in [0.05, 0.1) is 11.6 Å². The van der Waals surface area contributed by atoms with Crippen molar-refractivity contribution in [3.63, 3.8) is 0 Å². The Bertz CT molecular complexity index is 675. The van der Waals surface area contributed by atoms with E-state index in [0.29, 0.717) is 16.9 Å². The predicted molar refractivity (Wildman–Crippen MR) is 75.0 cm³/mol. The maximum absolute atomic E-state index is 14.0. The second-order valence-electron chi connectivity index (χ2n) is 4.67. The molecule has 0 fully saturated rings. The summed E-state index contributed by atoms with van der Waals surface area (Å²) in [5.41, 5.74) is 7.71. The number of nitrogens with zero attached hydrogens (tertiary/aromatic N) is 1. The first kappa shape index (κ1) is 14.0. The van der Waals surface area contributed by atoms with Crippen LogP contribution in [-0.2, 0) is 0 Å². The van der Waals surface area contributed by atoms with Crippen molar-refractivity contribution in [1.82, 2.24) is 0 Å². The molecule has 0 bridgehead atoms. The number of nitrogens with two attached hydrogens (primary N) is 1. The molecule has 0 aromatic heterocycles. The monoisotopic (exact) mass is 270 g/mol. The zero-order valence-corrected chi connectivity index (χ0v) is 11.4. The summed E-state index contributed by atoms with van der Waals surface area (Å²) >= 11 is 0. The van der Waals surface area contributed by atoms with Crippen LogP contribution >= 0.6 is 0 Å². The van der Waals surface area contributed by atoms with Crippen molar-refractivity contribution in [2.24, 2.45) is 5.73 Å². The first-order chi connectivity index (χ1) is 9.51. The zero-order valence-electron chi connectivity index (χ0n) is 11.4. The topological polar surface area (TPSA) is 59.0 Å². The van der Waals surface area contributed by atoms with E-state index in [1.54, 1.807) is 37.3 Å². The van der Waals surface area contributed by atoms with Crippen LogP contribution in [0, 0.1) is 24.1 Å². The van der Waals surface area contributed by atoms with Crippen molar-refractivity contribution >= 4 is 0 Å². The minimum absolute atomic E-state index is 0.118. The summed E-state index contributed by atoms with van der Waals surface area (Å²) in [4.78, 5) is 0. The molecule has 0 amide bonds. The number of benzene rings is 2. The van der Waals surface area contributed by atoms with Gasteiger partial charge in [-0.05, 0) is 49.2 Å². The number of hydrogen-bond acceptors (Lipinski definition) is 3. The van der Waals surface area contributed by atoms with Crippen LogP contribution in [0.3, 0.4) is 0 Å². The van der Waals surface area contributed by atoms with Crippen molar-refractivity contribution in [3.05, 3.63) is 58.9 Å². The van der Waals surface area contributed by atoms with Gasteiger partial charge in [-0.3, -0.25) is 0 Å². The smallest absolute Gasteiger partial charge is 0.166 e. The van der Waals surface area contributed by atoms with E-state index in [2.05, 4.69) is 0 Å². The van der Waals surface area contributed by atoms with E-state index in [9.17, 15) is 4.39 Å². The Kier molecular flexibility index (Phi) is 4.02. The third kappa shape index (κ3) is 2.95. The molecule has 2 rings (SSSR count). The molecule has 0 aliphatic carbocycles. The van der Waals surface area contributed by atoms with Crippen LogP contribution in [0.25, 0.3) is 0 Å². The summed E-state index contributed by atoms with van der Waals surface area (Å²) in [5.74, 6) is 0.116. The number of ether oxygens (including phenoxy) is 1. The van der Waals surface area contributed by atoms with Crippen LogP contribution in [0.1, 0.15) is 29.7 Å². The molecule has 0 spiro atoms. The van der Waals surface area contributed by atoms with Crippen LogP contribution in [0.2, 0.25) is 0 Å². The second-order valence-corrected chi connectivity index (χ2v) is 4.67. The third-order valence-corrected chi connectivity index (χ3v) is 3.02. The quantitative estimate of drug-likeness (QED) is 0.922. The van der Waals surface area contributed by atoms with Gasteiger partial charge in [0.25, 0.3) is 0 Å². The van der Waals surface area contributed by atoms with E-state index in [1.165, 1.54) is 6.07 Å². The molecule has 0 radical (unpaired) electrons. The summed E-state index contributed by atoms with van der Waals surface area (Å²) in [7, 11) is 0. The highest BCUT2D eigenvalue weighted by Gasteiger charge is 2.10. The molecule has 2 N–H and O–H groups in total. The standard InChI is InChI=1S/C16H15FN2O/c1-10-3-4-12(9-18)7-16(10)20-15-6-5-13(11(2)19)8-14(15)17/h3-8,11H,19H2,1-2H3/t11-/m1/s1. The van der Waals surface area contributed by atoms with Gasteiger partial charge in [0.15, 0.2) is 11.6 Å². The fourth-order valence-electron chi connectivity index (χ4n) is 1.78. The minimum atomic E-state index is -0.471. The molecule has 2 aromatic carbocycles. The van der Waals surface area contributed by atoms with Crippen molar-refractivity contribution in [3.8, 4) is 17.6 Å². The lowest BCUT2D eigenvalue weighted by atomic mass is 10.1. The molecule has 3 nitrogen and oxygen atoms in total. The maximum atomic E-state index is 14.0. The van der Waals surface area contributed by atoms with Crippen LogP contribution < -0.4 is 10.5 Å². The maximum Gasteiger partial charge on any atom is 0.166 e. The number of hydrogen-bond donors (Lipinski definition) is 1. The van der Waals surface area contributed by atoms with Gasteiger partial charge in [-0.15, -0.1) is 0 Å². The molecule has 0 unspecified atom stereocenters. The first-order valence-corrected chi connectivity index (χ1v) is 6.25. The Hall–Kier alpha value is -2.38. The van der Waals surface area contributed by atoms with Crippen molar-refractivity contribution in [2.75, 3.05) is 0 Å². The third-order valence-electron chi connectivity index (χ3n) is 3.02. The van der Waals surface area contributed by atoms with E-state index in [1.807, 2.05) is 13.0 Å². The molecule has 1 atom stereocenters. The molecule has 0 aliphatic rings. The fraction of sp³-hybridized carbons (Fsp3) is 0.188. The Morgan fingerprint density at radius 2 is 1.95 bits per heavy atom. The summed E-state index contributed by atoms with van der Waals surface area (Å²) in [6.45, 7) is 3.63. The molecule has 102 valence electrons. The van der Waals surface area contributed by atoms with Gasteiger partial charge < -0.3 is 10.5 Å². The largest absolute Gasteiger partial charge is 0.454 e. The van der Waals surface area contributed by atoms with E-state index >= 15 is 0 Å². The highest BCUT2D eigenvalue weighted by Crippen LogP contribution is 2.29. The summed E-state index contributed by atoms with van der Waals surface area (Å²) in [5, 5.41) is 8.88. The molecule has 0 aliphatic heterocycles. The summed E-state index contributed by atoms with van der Waals surface area (Å²) < 4.78 is 19.5. The lowest BCUT2D eigenvalue weighted by Gasteiger charge is -2.12. The Morgan fingerprint density at radius 1 is 1.20 bits per heavy atom. The number of halogens is 1. The highest BCUT2D eigenvalue weighted by molar-refractivity contribution is 5.44. The number of nitriles is 1. The summed E-state index contributed by atoms with van der Waals surface area (Å²) in [6.07, 6.45) is 0. The molecule has 0 heterocycles. The lowest BCUT2D eigenvalue weighted by molar-refractivity contribution is 0.438. The highest BCUT2D eigenvalue weighted by atomic mass is 19.1. The molecule has 4 heteroatoms. The van der Waals surface area contributed by atoms with Crippen LogP contribution in [0.4, 0.5) is 4.39 Å². The lowest BCUT2D eigenvalue weighted by Crippen LogP contribution is -2.05. The minimum Gasteiger partial charge on any atom is -0.454 e. The average molecular weight is 270 g/mol. The number of rotatable bonds is 3. The van der Waals surface area contributed by atoms with E-state index < -0.39 is 5.82 Å². The van der Waals surface area contributed by atoms with Gasteiger partial charge >= 0.3 is 0 Å².